The molecule has 2 unspecified atom stereocenters. The minimum absolute atomic E-state index is 0.836. The summed E-state index contributed by atoms with van der Waals surface area (Å²) in [5, 5.41) is 0. The lowest BCUT2D eigenvalue weighted by Crippen LogP contribution is -2.06. The van der Waals surface area contributed by atoms with E-state index in [4.69, 9.17) is 0 Å². The SMILES string of the molecule is BC(C)CCC(=CCCC)C(CCC)CCCCC. The van der Waals surface area contributed by atoms with E-state index in [0.29, 0.717) is 0 Å². The second-order valence-electron chi connectivity index (χ2n) is 6.48. The van der Waals surface area contributed by atoms with Gasteiger partial charge in [0.15, 0.2) is 0 Å². The van der Waals surface area contributed by atoms with E-state index in [1.165, 1.54) is 64.2 Å². The predicted molar refractivity (Wildman–Crippen MR) is 92.7 cm³/mol. The van der Waals surface area contributed by atoms with Crippen molar-refractivity contribution >= 4 is 7.85 Å². The maximum atomic E-state index is 2.58. The van der Waals surface area contributed by atoms with Crippen LogP contribution in [0, 0.1) is 5.92 Å². The summed E-state index contributed by atoms with van der Waals surface area (Å²) < 4.78 is 0. The highest BCUT2D eigenvalue weighted by Gasteiger charge is 2.13. The van der Waals surface area contributed by atoms with E-state index < -0.39 is 0 Å². The molecule has 1 heteroatoms. The smallest absolute Gasteiger partial charge is 0.0851 e. The molecule has 0 spiro atoms. The number of allylic oxidation sites excluding steroid dienone is 2. The summed E-state index contributed by atoms with van der Waals surface area (Å²) in [7, 11) is 2.35. The molecule has 0 saturated carbocycles. The molecule has 0 aliphatic heterocycles. The summed E-state index contributed by atoms with van der Waals surface area (Å²) in [4.78, 5) is 0. The third-order valence-electron chi connectivity index (χ3n) is 4.02. The van der Waals surface area contributed by atoms with E-state index in [0.717, 1.165) is 11.7 Å². The molecular weight excluding hydrogens is 227 g/mol. The lowest BCUT2D eigenvalue weighted by molar-refractivity contribution is 0.462. The van der Waals surface area contributed by atoms with Gasteiger partial charge in [0.05, 0.1) is 0 Å². The normalized spacial score (nSPS) is 15.5. The Labute approximate surface area is 123 Å². The summed E-state index contributed by atoms with van der Waals surface area (Å²) in [6.07, 6.45) is 16.2. The standard InChI is InChI=1S/C18H37B/c1-5-8-10-13-17(11-7-3)18(12-9-6-2)15-14-16(4)19/h12,16-17H,5-11,13-15,19H2,1-4H3. The van der Waals surface area contributed by atoms with Gasteiger partial charge in [0.2, 0.25) is 0 Å². The molecule has 0 heterocycles. The van der Waals surface area contributed by atoms with Gasteiger partial charge in [-0.2, -0.15) is 0 Å². The molecule has 0 rings (SSSR count). The van der Waals surface area contributed by atoms with Crippen LogP contribution in [0.3, 0.4) is 0 Å². The van der Waals surface area contributed by atoms with Gasteiger partial charge in [-0.3, -0.25) is 0 Å². The molecule has 0 aromatic rings. The molecule has 0 bridgehead atoms. The largest absolute Gasteiger partial charge is 0.105 e. The van der Waals surface area contributed by atoms with Crippen molar-refractivity contribution in [3.8, 4) is 0 Å². The minimum atomic E-state index is 0.836. The van der Waals surface area contributed by atoms with Gasteiger partial charge in [0.1, 0.15) is 7.85 Å². The van der Waals surface area contributed by atoms with Crippen LogP contribution in [-0.2, 0) is 0 Å². The second-order valence-corrected chi connectivity index (χ2v) is 6.48. The highest BCUT2D eigenvalue weighted by Crippen LogP contribution is 2.29. The number of unbranched alkanes of at least 4 members (excludes halogenated alkanes) is 3. The first-order valence-corrected chi connectivity index (χ1v) is 8.84. The Balaban J connectivity index is 4.51. The van der Waals surface area contributed by atoms with E-state index in [1.54, 1.807) is 5.57 Å². The maximum Gasteiger partial charge on any atom is 0.105 e. The Kier molecular flexibility index (Phi) is 12.7. The maximum absolute atomic E-state index is 2.58. The van der Waals surface area contributed by atoms with Crippen molar-refractivity contribution in [2.45, 2.75) is 97.7 Å². The van der Waals surface area contributed by atoms with E-state index in [-0.39, 0.29) is 0 Å². The highest BCUT2D eigenvalue weighted by atomic mass is 14.2. The van der Waals surface area contributed by atoms with E-state index in [2.05, 4.69) is 41.6 Å². The van der Waals surface area contributed by atoms with Crippen LogP contribution in [-0.4, -0.2) is 7.85 Å². The number of hydrogen-bond donors (Lipinski definition) is 0. The summed E-state index contributed by atoms with van der Waals surface area (Å²) in [6, 6.07) is 0. The van der Waals surface area contributed by atoms with Crippen molar-refractivity contribution < 1.29 is 0 Å². The van der Waals surface area contributed by atoms with Crippen molar-refractivity contribution in [3.05, 3.63) is 11.6 Å². The summed E-state index contributed by atoms with van der Waals surface area (Å²) in [5.74, 6) is 1.71. The predicted octanol–water partition coefficient (Wildman–Crippen LogP) is 5.93. The molecule has 0 radical (unpaired) electrons. The van der Waals surface area contributed by atoms with Crippen LogP contribution in [0.4, 0.5) is 0 Å². The molecule has 0 aromatic carbocycles. The van der Waals surface area contributed by atoms with Gasteiger partial charge in [-0.25, -0.2) is 0 Å². The fourth-order valence-corrected chi connectivity index (χ4v) is 2.76. The highest BCUT2D eigenvalue weighted by molar-refractivity contribution is 6.11. The fourth-order valence-electron chi connectivity index (χ4n) is 2.76. The van der Waals surface area contributed by atoms with Gasteiger partial charge in [0, 0.05) is 0 Å². The van der Waals surface area contributed by atoms with Crippen molar-refractivity contribution in [2.75, 3.05) is 0 Å². The Bertz CT molecular complexity index is 218. The Morgan fingerprint density at radius 2 is 1.68 bits per heavy atom. The second kappa shape index (κ2) is 12.8. The van der Waals surface area contributed by atoms with Crippen LogP contribution in [0.2, 0.25) is 5.82 Å². The molecule has 0 aromatic heterocycles. The molecule has 0 N–H and O–H groups in total. The topological polar surface area (TPSA) is 0 Å². The molecule has 0 aliphatic carbocycles. The van der Waals surface area contributed by atoms with Crippen LogP contribution >= 0.6 is 0 Å². The van der Waals surface area contributed by atoms with Crippen molar-refractivity contribution in [1.82, 2.24) is 0 Å². The quantitative estimate of drug-likeness (QED) is 0.233. The van der Waals surface area contributed by atoms with Crippen molar-refractivity contribution in [1.29, 1.82) is 0 Å². The zero-order valence-electron chi connectivity index (χ0n) is 14.3. The summed E-state index contributed by atoms with van der Waals surface area (Å²) in [5.41, 5.74) is 1.79. The van der Waals surface area contributed by atoms with Gasteiger partial charge in [-0.15, -0.1) is 0 Å². The fraction of sp³-hybridized carbons (Fsp3) is 0.889. The van der Waals surface area contributed by atoms with E-state index in [1.807, 2.05) is 0 Å². The molecule has 0 amide bonds. The lowest BCUT2D eigenvalue weighted by atomic mass is 9.80. The van der Waals surface area contributed by atoms with Crippen LogP contribution in [0.1, 0.15) is 91.9 Å². The Hall–Kier alpha value is -0.195. The molecule has 112 valence electrons. The third kappa shape index (κ3) is 10.3. The van der Waals surface area contributed by atoms with E-state index >= 15 is 0 Å². The van der Waals surface area contributed by atoms with Gasteiger partial charge >= 0.3 is 0 Å². The first-order valence-electron chi connectivity index (χ1n) is 8.84. The average Bonchev–Trinajstić information content (AvgIpc) is 2.38. The van der Waals surface area contributed by atoms with Gasteiger partial charge in [0.25, 0.3) is 0 Å². The number of rotatable bonds is 12. The van der Waals surface area contributed by atoms with Crippen LogP contribution < -0.4 is 0 Å². The van der Waals surface area contributed by atoms with Crippen LogP contribution in [0.15, 0.2) is 11.6 Å². The van der Waals surface area contributed by atoms with Gasteiger partial charge in [-0.1, -0.05) is 83.7 Å². The minimum Gasteiger partial charge on any atom is -0.0851 e. The molecule has 0 saturated heterocycles. The molecule has 19 heavy (non-hydrogen) atoms. The van der Waals surface area contributed by atoms with Crippen LogP contribution in [0.5, 0.6) is 0 Å². The first-order chi connectivity index (χ1) is 9.15. The molecule has 0 aliphatic rings. The molecular formula is C18H37B. The average molecular weight is 264 g/mol. The molecule has 2 atom stereocenters. The number of hydrogen-bond acceptors (Lipinski definition) is 0. The van der Waals surface area contributed by atoms with Crippen LogP contribution in [0.25, 0.3) is 0 Å². The van der Waals surface area contributed by atoms with E-state index in [9.17, 15) is 0 Å². The van der Waals surface area contributed by atoms with Gasteiger partial charge < -0.3 is 0 Å². The summed E-state index contributed by atoms with van der Waals surface area (Å²) in [6.45, 7) is 9.29. The summed E-state index contributed by atoms with van der Waals surface area (Å²) >= 11 is 0. The molecule has 0 nitrogen and oxygen atoms in total. The van der Waals surface area contributed by atoms with Crippen molar-refractivity contribution in [3.63, 3.8) is 0 Å². The Morgan fingerprint density at radius 1 is 0.947 bits per heavy atom. The zero-order chi connectivity index (χ0) is 14.5. The first kappa shape index (κ1) is 18.8. The third-order valence-corrected chi connectivity index (χ3v) is 4.02. The lowest BCUT2D eigenvalue weighted by Gasteiger charge is -2.21. The Morgan fingerprint density at radius 3 is 2.21 bits per heavy atom. The van der Waals surface area contributed by atoms with Crippen molar-refractivity contribution in [2.24, 2.45) is 5.92 Å². The van der Waals surface area contributed by atoms with Gasteiger partial charge in [-0.05, 0) is 31.6 Å². The monoisotopic (exact) mass is 264 g/mol. The molecule has 0 fully saturated rings. The zero-order valence-corrected chi connectivity index (χ0v) is 14.3.